The molecule has 11 heteroatoms. The zero-order valence-corrected chi connectivity index (χ0v) is 8.54. The number of rotatable bonds is 6. The van der Waals surface area contributed by atoms with Crippen LogP contribution in [-0.2, 0) is 18.2 Å². The maximum absolute atomic E-state index is 10.2. The Morgan fingerprint density at radius 1 is 1.07 bits per heavy atom. The standard InChI is InChI=1S/C3H10O9P2/c4-1-3(12-14(8,9)10)2-11-13(5,6)7/h3-4H,1-2H2,(H2,5,6,7)(H2,8,9,10). The van der Waals surface area contributed by atoms with Gasteiger partial charge in [0, 0.05) is 0 Å². The summed E-state index contributed by atoms with van der Waals surface area (Å²) in [5, 5.41) is 8.48. The van der Waals surface area contributed by atoms with Crippen LogP contribution in [0.25, 0.3) is 0 Å². The number of phosphoric ester groups is 2. The fourth-order valence-corrected chi connectivity index (χ4v) is 1.37. The van der Waals surface area contributed by atoms with Gasteiger partial charge in [-0.15, -0.1) is 0 Å². The Morgan fingerprint density at radius 3 is 1.86 bits per heavy atom. The van der Waals surface area contributed by atoms with Crippen LogP contribution in [0.5, 0.6) is 0 Å². The van der Waals surface area contributed by atoms with Gasteiger partial charge in [0.2, 0.25) is 0 Å². The Labute approximate surface area is 78.8 Å². The van der Waals surface area contributed by atoms with E-state index in [1.54, 1.807) is 0 Å². The normalized spacial score (nSPS) is 15.5. The first-order valence-corrected chi connectivity index (χ1v) is 6.25. The Bertz CT molecular complexity index is 251. The second kappa shape index (κ2) is 5.32. The molecule has 1 unspecified atom stereocenters. The molecule has 0 aromatic rings. The first-order valence-electron chi connectivity index (χ1n) is 3.19. The summed E-state index contributed by atoms with van der Waals surface area (Å²) < 4.78 is 28.2. The molecule has 0 radical (unpaired) electrons. The highest BCUT2D eigenvalue weighted by molar-refractivity contribution is 7.46. The lowest BCUT2D eigenvalue weighted by Gasteiger charge is -2.15. The highest BCUT2D eigenvalue weighted by Crippen LogP contribution is 2.40. The second-order valence-electron chi connectivity index (χ2n) is 2.19. The van der Waals surface area contributed by atoms with Crippen LogP contribution in [0.1, 0.15) is 0 Å². The van der Waals surface area contributed by atoms with E-state index in [1.165, 1.54) is 0 Å². The van der Waals surface area contributed by atoms with Crippen LogP contribution in [-0.4, -0.2) is 44.0 Å². The topological polar surface area (TPSA) is 154 Å². The first-order chi connectivity index (χ1) is 6.14. The molecule has 86 valence electrons. The second-order valence-corrected chi connectivity index (χ2v) is 4.62. The average molecular weight is 252 g/mol. The smallest absolute Gasteiger partial charge is 0.394 e. The summed E-state index contributed by atoms with van der Waals surface area (Å²) in [5.41, 5.74) is 0. The molecule has 0 fully saturated rings. The maximum atomic E-state index is 10.2. The van der Waals surface area contributed by atoms with Crippen molar-refractivity contribution in [3.63, 3.8) is 0 Å². The van der Waals surface area contributed by atoms with Crippen molar-refractivity contribution in [2.75, 3.05) is 13.2 Å². The van der Waals surface area contributed by atoms with Gasteiger partial charge in [-0.05, 0) is 0 Å². The van der Waals surface area contributed by atoms with Crippen molar-refractivity contribution in [3.05, 3.63) is 0 Å². The van der Waals surface area contributed by atoms with Crippen LogP contribution in [0.2, 0.25) is 0 Å². The van der Waals surface area contributed by atoms with E-state index in [-0.39, 0.29) is 0 Å². The zero-order valence-electron chi connectivity index (χ0n) is 6.76. The fraction of sp³-hybridized carbons (Fsp3) is 1.00. The Kier molecular flexibility index (Phi) is 5.38. The molecule has 14 heavy (non-hydrogen) atoms. The summed E-state index contributed by atoms with van der Waals surface area (Å²) in [6.07, 6.45) is -1.50. The molecule has 0 aliphatic rings. The van der Waals surface area contributed by atoms with E-state index in [9.17, 15) is 9.13 Å². The predicted molar refractivity (Wildman–Crippen MR) is 42.0 cm³/mol. The molecule has 0 aromatic carbocycles. The van der Waals surface area contributed by atoms with Gasteiger partial charge in [0.15, 0.2) is 0 Å². The van der Waals surface area contributed by atoms with E-state index >= 15 is 0 Å². The highest BCUT2D eigenvalue weighted by atomic mass is 31.2. The minimum Gasteiger partial charge on any atom is -0.394 e. The number of aliphatic hydroxyl groups is 1. The van der Waals surface area contributed by atoms with Gasteiger partial charge in [-0.2, -0.15) is 0 Å². The molecule has 0 bridgehead atoms. The molecule has 9 nitrogen and oxygen atoms in total. The SMILES string of the molecule is O=P(O)(O)OCC(CO)OP(=O)(O)O. The molecule has 0 aromatic heterocycles. The van der Waals surface area contributed by atoms with Crippen LogP contribution in [0.15, 0.2) is 0 Å². The summed E-state index contributed by atoms with van der Waals surface area (Å²) in [6.45, 7) is -1.67. The van der Waals surface area contributed by atoms with Gasteiger partial charge in [0.1, 0.15) is 6.10 Å². The number of aliphatic hydroxyl groups excluding tert-OH is 1. The summed E-state index contributed by atoms with van der Waals surface area (Å²) in [7, 11) is -9.56. The van der Waals surface area contributed by atoms with Crippen LogP contribution >= 0.6 is 15.6 Å². The van der Waals surface area contributed by atoms with Crippen molar-refractivity contribution in [3.8, 4) is 0 Å². The minimum absolute atomic E-state index is 0.827. The zero-order chi connectivity index (χ0) is 11.4. The predicted octanol–water partition coefficient (Wildman–Crippen LogP) is -1.43. The molecular formula is C3H10O9P2. The van der Waals surface area contributed by atoms with E-state index in [1.807, 2.05) is 0 Å². The minimum atomic E-state index is -4.81. The van der Waals surface area contributed by atoms with Crippen molar-refractivity contribution < 1.29 is 42.9 Å². The van der Waals surface area contributed by atoms with Gasteiger partial charge >= 0.3 is 15.6 Å². The molecule has 0 aliphatic carbocycles. The number of phosphoric acid groups is 2. The molecule has 5 N–H and O–H groups in total. The van der Waals surface area contributed by atoms with Crippen LogP contribution in [0.3, 0.4) is 0 Å². The van der Waals surface area contributed by atoms with Crippen LogP contribution in [0.4, 0.5) is 0 Å². The summed E-state index contributed by atoms with van der Waals surface area (Å²) in [5.74, 6) is 0. The van der Waals surface area contributed by atoms with Crippen molar-refractivity contribution in [1.29, 1.82) is 0 Å². The lowest BCUT2D eigenvalue weighted by atomic mass is 10.4. The number of hydrogen-bond donors (Lipinski definition) is 5. The maximum Gasteiger partial charge on any atom is 0.470 e. The summed E-state index contributed by atoms with van der Waals surface area (Å²) >= 11 is 0. The van der Waals surface area contributed by atoms with Crippen LogP contribution in [0, 0.1) is 0 Å². The summed E-state index contributed by atoms with van der Waals surface area (Å²) in [6, 6.07) is 0. The monoisotopic (exact) mass is 252 g/mol. The van der Waals surface area contributed by atoms with Crippen molar-refractivity contribution in [2.45, 2.75) is 6.10 Å². The van der Waals surface area contributed by atoms with Gasteiger partial charge < -0.3 is 24.7 Å². The molecule has 0 heterocycles. The largest absolute Gasteiger partial charge is 0.470 e. The van der Waals surface area contributed by atoms with Gasteiger partial charge in [0.25, 0.3) is 0 Å². The van der Waals surface area contributed by atoms with E-state index in [0.29, 0.717) is 0 Å². The fourth-order valence-electron chi connectivity index (χ4n) is 0.491. The molecule has 0 saturated carbocycles. The lowest BCUT2D eigenvalue weighted by molar-refractivity contribution is 0.0365. The molecule has 0 saturated heterocycles. The third-order valence-corrected chi connectivity index (χ3v) is 1.98. The van der Waals surface area contributed by atoms with Gasteiger partial charge in [-0.3, -0.25) is 9.05 Å². The van der Waals surface area contributed by atoms with Crippen molar-refractivity contribution in [1.82, 2.24) is 0 Å². The third kappa shape index (κ3) is 8.76. The third-order valence-electron chi connectivity index (χ3n) is 0.919. The van der Waals surface area contributed by atoms with Crippen LogP contribution < -0.4 is 0 Å². The van der Waals surface area contributed by atoms with Gasteiger partial charge in [-0.25, -0.2) is 9.13 Å². The molecular weight excluding hydrogens is 242 g/mol. The Morgan fingerprint density at radius 2 is 1.57 bits per heavy atom. The lowest BCUT2D eigenvalue weighted by Crippen LogP contribution is -2.22. The molecule has 0 rings (SSSR count). The summed E-state index contributed by atoms with van der Waals surface area (Å²) in [4.78, 5) is 33.0. The molecule has 0 aliphatic heterocycles. The highest BCUT2D eigenvalue weighted by Gasteiger charge is 2.25. The van der Waals surface area contributed by atoms with E-state index < -0.39 is 35.0 Å². The quantitative estimate of drug-likeness (QED) is 0.357. The van der Waals surface area contributed by atoms with E-state index in [2.05, 4.69) is 9.05 Å². The number of hydrogen-bond acceptors (Lipinski definition) is 5. The van der Waals surface area contributed by atoms with E-state index in [4.69, 9.17) is 24.7 Å². The van der Waals surface area contributed by atoms with Crippen molar-refractivity contribution in [2.24, 2.45) is 0 Å². The van der Waals surface area contributed by atoms with E-state index in [0.717, 1.165) is 0 Å². The van der Waals surface area contributed by atoms with Crippen molar-refractivity contribution >= 4 is 15.6 Å². The Balaban J connectivity index is 4.06. The molecule has 1 atom stereocenters. The van der Waals surface area contributed by atoms with Gasteiger partial charge in [0.05, 0.1) is 13.2 Å². The first kappa shape index (κ1) is 14.2. The average Bonchev–Trinajstić information content (AvgIpc) is 1.94. The van der Waals surface area contributed by atoms with Gasteiger partial charge in [-0.1, -0.05) is 0 Å². The molecule has 0 spiro atoms. The Hall–Kier alpha value is 0.180. The molecule has 0 amide bonds.